The topological polar surface area (TPSA) is 78.5 Å². The first kappa shape index (κ1) is 25.4. The zero-order chi connectivity index (χ0) is 22.3. The largest absolute Gasteiger partial charge is 0.344 e. The molecule has 0 radical (unpaired) electrons. The van der Waals surface area contributed by atoms with Gasteiger partial charge in [-0.15, -0.1) is 0 Å². The fraction of sp³-hybridized carbons (Fsp3) is 0.571. The van der Waals surface area contributed by atoms with E-state index in [1.807, 2.05) is 12.1 Å². The van der Waals surface area contributed by atoms with E-state index in [-0.39, 0.29) is 22.7 Å². The summed E-state index contributed by atoms with van der Waals surface area (Å²) < 4.78 is 1.68. The number of hydrogen-bond acceptors (Lipinski definition) is 5. The van der Waals surface area contributed by atoms with Gasteiger partial charge in [0.2, 0.25) is 11.8 Å². The van der Waals surface area contributed by atoms with Crippen LogP contribution in [-0.4, -0.2) is 46.7 Å². The molecule has 1 saturated carbocycles. The molecule has 0 spiro atoms. The Morgan fingerprint density at radius 3 is 2.43 bits per heavy atom. The fourth-order valence-corrected chi connectivity index (χ4v) is 5.70. The molecule has 1 aromatic carbocycles. The Morgan fingerprint density at radius 2 is 1.83 bits per heavy atom. The first-order chi connectivity index (χ1) is 14.2. The number of nitrogens with zero attached hydrogens (tertiary/aromatic N) is 1. The van der Waals surface area contributed by atoms with Crippen molar-refractivity contribution in [2.45, 2.75) is 64.6 Å². The smallest absolute Gasteiger partial charge is 0.247 e. The third kappa shape index (κ3) is 7.98. The Morgan fingerprint density at radius 1 is 1.17 bits per heavy atom. The summed E-state index contributed by atoms with van der Waals surface area (Å²) in [7, 11) is 2.13. The van der Waals surface area contributed by atoms with Crippen molar-refractivity contribution in [3.05, 3.63) is 26.6 Å². The van der Waals surface area contributed by atoms with Crippen molar-refractivity contribution >= 4 is 66.2 Å². The van der Waals surface area contributed by atoms with Crippen LogP contribution in [0.1, 0.15) is 51.5 Å². The molecule has 166 valence electrons. The zero-order valence-electron chi connectivity index (χ0n) is 17.6. The lowest BCUT2D eigenvalue weighted by atomic mass is 9.94. The Labute approximate surface area is 199 Å². The summed E-state index contributed by atoms with van der Waals surface area (Å²) in [4.78, 5) is 38.2. The predicted octanol–water partition coefficient (Wildman–Crippen LogP) is 4.70. The summed E-state index contributed by atoms with van der Waals surface area (Å²) >= 11 is 8.13. The van der Waals surface area contributed by atoms with E-state index >= 15 is 0 Å². The summed E-state index contributed by atoms with van der Waals surface area (Å²) in [6, 6.07) is 3.64. The van der Waals surface area contributed by atoms with Crippen LogP contribution in [0.4, 0.5) is 5.69 Å². The molecule has 0 heterocycles. The number of benzene rings is 1. The monoisotopic (exact) mass is 561 g/mol. The number of hydrogen-bond donors (Lipinski definition) is 2. The second-order valence-corrected chi connectivity index (χ2v) is 10.6. The molecule has 9 heteroatoms. The average molecular weight is 563 g/mol. The van der Waals surface area contributed by atoms with Gasteiger partial charge >= 0.3 is 0 Å². The minimum Gasteiger partial charge on any atom is -0.344 e. The molecule has 0 bridgehead atoms. The van der Waals surface area contributed by atoms with E-state index in [4.69, 9.17) is 0 Å². The number of amides is 2. The van der Waals surface area contributed by atoms with Crippen LogP contribution in [0.5, 0.6) is 0 Å². The molecular weight excluding hydrogens is 534 g/mol. The van der Waals surface area contributed by atoms with Crippen LogP contribution >= 0.6 is 43.6 Å². The van der Waals surface area contributed by atoms with Crippen molar-refractivity contribution in [3.8, 4) is 0 Å². The maximum absolute atomic E-state index is 12.9. The minimum atomic E-state index is -0.795. The van der Waals surface area contributed by atoms with Crippen molar-refractivity contribution in [1.82, 2.24) is 10.2 Å². The van der Waals surface area contributed by atoms with Gasteiger partial charge in [-0.2, -0.15) is 0 Å². The summed E-state index contributed by atoms with van der Waals surface area (Å²) in [6.45, 7) is 3.50. The second-order valence-electron chi connectivity index (χ2n) is 7.67. The summed E-state index contributed by atoms with van der Waals surface area (Å²) in [6.07, 6.45) is 6.21. The van der Waals surface area contributed by atoms with E-state index in [1.54, 1.807) is 0 Å². The number of nitrogens with one attached hydrogen (secondary N) is 2. The van der Waals surface area contributed by atoms with Crippen LogP contribution in [0.15, 0.2) is 21.1 Å². The standard InChI is InChI=1S/C21H29Br2N3O3S/c1-13(27)24-19(12-30-14(2)28)21(29)25-20-15(9-16(22)10-18(20)23)11-26(3)17-7-5-4-6-8-17/h9-10,17,19H,4-8,11-12H2,1-3H3,(H,24,27)(H,25,29)/t19-/m0/s1. The van der Waals surface area contributed by atoms with Crippen molar-refractivity contribution in [3.63, 3.8) is 0 Å². The van der Waals surface area contributed by atoms with E-state index in [0.29, 0.717) is 18.3 Å². The summed E-state index contributed by atoms with van der Waals surface area (Å²) in [5, 5.41) is 5.51. The predicted molar refractivity (Wildman–Crippen MR) is 130 cm³/mol. The molecule has 6 nitrogen and oxygen atoms in total. The van der Waals surface area contributed by atoms with Gasteiger partial charge in [0.1, 0.15) is 6.04 Å². The fourth-order valence-electron chi connectivity index (χ4n) is 3.65. The Kier molecular flexibility index (Phi) is 10.3. The van der Waals surface area contributed by atoms with Gasteiger partial charge in [-0.3, -0.25) is 19.3 Å². The number of anilines is 1. The summed E-state index contributed by atoms with van der Waals surface area (Å²) in [5.74, 6) is -0.471. The maximum atomic E-state index is 12.9. The lowest BCUT2D eigenvalue weighted by Crippen LogP contribution is -2.45. The van der Waals surface area contributed by atoms with Crippen LogP contribution in [0.25, 0.3) is 0 Å². The zero-order valence-corrected chi connectivity index (χ0v) is 21.6. The Balaban J connectivity index is 2.20. The molecule has 1 atom stereocenters. The first-order valence-electron chi connectivity index (χ1n) is 10.1. The molecule has 30 heavy (non-hydrogen) atoms. The number of carbonyl (C=O) groups excluding carboxylic acids is 3. The Hall–Kier alpha value is -0.900. The minimum absolute atomic E-state index is 0.0993. The lowest BCUT2D eigenvalue weighted by molar-refractivity contribution is -0.124. The van der Waals surface area contributed by atoms with Gasteiger partial charge in [-0.25, -0.2) is 0 Å². The van der Waals surface area contributed by atoms with Gasteiger partial charge in [0.15, 0.2) is 5.12 Å². The van der Waals surface area contributed by atoms with Crippen LogP contribution in [0.3, 0.4) is 0 Å². The molecule has 0 unspecified atom stereocenters. The highest BCUT2D eigenvalue weighted by Crippen LogP contribution is 2.33. The van der Waals surface area contributed by atoms with Crippen LogP contribution in [0.2, 0.25) is 0 Å². The lowest BCUT2D eigenvalue weighted by Gasteiger charge is -2.32. The van der Waals surface area contributed by atoms with Gasteiger partial charge in [0, 0.05) is 41.1 Å². The Bertz CT molecular complexity index is 785. The normalized spacial score (nSPS) is 15.7. The molecule has 2 amide bonds. The van der Waals surface area contributed by atoms with Crippen LogP contribution in [0, 0.1) is 0 Å². The average Bonchev–Trinajstić information content (AvgIpc) is 2.67. The quantitative estimate of drug-likeness (QED) is 0.480. The number of carbonyl (C=O) groups is 3. The highest BCUT2D eigenvalue weighted by Gasteiger charge is 2.24. The molecule has 0 aliphatic heterocycles. The second kappa shape index (κ2) is 12.2. The third-order valence-corrected chi connectivity index (χ3v) is 7.14. The third-order valence-electron chi connectivity index (χ3n) is 5.15. The van der Waals surface area contributed by atoms with Crippen LogP contribution in [-0.2, 0) is 20.9 Å². The van der Waals surface area contributed by atoms with E-state index in [0.717, 1.165) is 26.3 Å². The number of thioether (sulfide) groups is 1. The van der Waals surface area contributed by atoms with E-state index in [9.17, 15) is 14.4 Å². The van der Waals surface area contributed by atoms with E-state index in [2.05, 4.69) is 54.4 Å². The van der Waals surface area contributed by atoms with Crippen molar-refractivity contribution in [1.29, 1.82) is 0 Å². The van der Waals surface area contributed by atoms with Crippen molar-refractivity contribution < 1.29 is 14.4 Å². The highest BCUT2D eigenvalue weighted by atomic mass is 79.9. The molecule has 0 saturated heterocycles. The molecular formula is C21H29Br2N3O3S. The highest BCUT2D eigenvalue weighted by molar-refractivity contribution is 9.11. The molecule has 1 aliphatic rings. The van der Waals surface area contributed by atoms with Gasteiger partial charge in [-0.1, -0.05) is 47.0 Å². The van der Waals surface area contributed by atoms with Crippen LogP contribution < -0.4 is 10.6 Å². The molecule has 2 rings (SSSR count). The maximum Gasteiger partial charge on any atom is 0.247 e. The van der Waals surface area contributed by atoms with Gasteiger partial charge in [-0.05, 0) is 53.5 Å². The molecule has 1 aliphatic carbocycles. The SMILES string of the molecule is CC(=O)N[C@@H](CSC(C)=O)C(=O)Nc1c(Br)cc(Br)cc1CN(C)C1CCCCC1. The molecule has 1 aromatic rings. The molecule has 0 aromatic heterocycles. The summed E-state index contributed by atoms with van der Waals surface area (Å²) in [5.41, 5.74) is 1.67. The van der Waals surface area contributed by atoms with Crippen molar-refractivity contribution in [2.75, 3.05) is 18.1 Å². The molecule has 1 fully saturated rings. The first-order valence-corrected chi connectivity index (χ1v) is 12.6. The van der Waals surface area contributed by atoms with Gasteiger partial charge < -0.3 is 10.6 Å². The number of halogens is 2. The van der Waals surface area contributed by atoms with E-state index in [1.165, 1.54) is 46.0 Å². The number of rotatable bonds is 8. The van der Waals surface area contributed by atoms with E-state index < -0.39 is 6.04 Å². The van der Waals surface area contributed by atoms with Gasteiger partial charge in [0.05, 0.1) is 5.69 Å². The molecule has 2 N–H and O–H groups in total. The van der Waals surface area contributed by atoms with Crippen molar-refractivity contribution in [2.24, 2.45) is 0 Å². The van der Waals surface area contributed by atoms with Gasteiger partial charge in [0.25, 0.3) is 0 Å².